The summed E-state index contributed by atoms with van der Waals surface area (Å²) in [5, 5.41) is 11.2. The molecule has 0 aromatic heterocycles. The van der Waals surface area contributed by atoms with E-state index in [-0.39, 0.29) is 12.1 Å². The van der Waals surface area contributed by atoms with Crippen LogP contribution in [0.2, 0.25) is 5.02 Å². The van der Waals surface area contributed by atoms with Crippen LogP contribution >= 0.6 is 11.6 Å². The van der Waals surface area contributed by atoms with Crippen LogP contribution in [0.3, 0.4) is 0 Å². The third kappa shape index (κ3) is 10.8. The Balaban J connectivity index is 1.49. The first-order chi connectivity index (χ1) is 16.0. The van der Waals surface area contributed by atoms with Gasteiger partial charge in [-0.05, 0) is 38.0 Å². The monoisotopic (exact) mass is 477 g/mol. The average Bonchev–Trinajstić information content (AvgIpc) is 3.14. The molecule has 33 heavy (non-hydrogen) atoms. The Hall–Kier alpha value is -1.06. The number of aliphatic hydroxyl groups excluding tert-OH is 1. The van der Waals surface area contributed by atoms with Gasteiger partial charge in [0.25, 0.3) is 0 Å². The van der Waals surface area contributed by atoms with Gasteiger partial charge in [-0.3, -0.25) is 0 Å². The van der Waals surface area contributed by atoms with Gasteiger partial charge in [0.2, 0.25) is 5.90 Å². The topological polar surface area (TPSA) is 41.8 Å². The Morgan fingerprint density at radius 2 is 1.36 bits per heavy atom. The van der Waals surface area contributed by atoms with Gasteiger partial charge in [-0.25, -0.2) is 4.99 Å². The zero-order valence-electron chi connectivity index (χ0n) is 21.5. The number of aliphatic hydroxyl groups is 1. The molecule has 1 N–H and O–H groups in total. The van der Waals surface area contributed by atoms with Crippen LogP contribution in [0.25, 0.3) is 0 Å². The summed E-state index contributed by atoms with van der Waals surface area (Å²) in [4.78, 5) is 4.54. The Bertz CT molecular complexity index is 690. The summed E-state index contributed by atoms with van der Waals surface area (Å²) < 4.78 is 5.80. The third-order valence-electron chi connectivity index (χ3n) is 6.99. The van der Waals surface area contributed by atoms with Crippen molar-refractivity contribution in [3.05, 3.63) is 34.3 Å². The Morgan fingerprint density at radius 3 is 1.82 bits per heavy atom. The molecule has 1 heterocycles. The molecule has 188 valence electrons. The standard InChI is InChI=1S/C29H48ClNO2/c1-4-5-6-7-8-9-10-11-12-13-14-15-16-17-18-19-28(32)25-20-21-26(27(30)22-25)29-31-23(2)24(3)33-29/h20-24,28,32H,4-19H2,1-3H3. The van der Waals surface area contributed by atoms with Crippen molar-refractivity contribution in [2.75, 3.05) is 0 Å². The molecule has 0 saturated carbocycles. The SMILES string of the molecule is CCCCCCCCCCCCCCCCCC(O)c1ccc(C2=NC(C)C(C)O2)c(Cl)c1. The number of halogens is 1. The van der Waals surface area contributed by atoms with Crippen LogP contribution in [0.5, 0.6) is 0 Å². The molecular weight excluding hydrogens is 430 g/mol. The summed E-state index contributed by atoms with van der Waals surface area (Å²) in [6.07, 6.45) is 20.7. The van der Waals surface area contributed by atoms with Crippen molar-refractivity contribution in [3.8, 4) is 0 Å². The van der Waals surface area contributed by atoms with Crippen LogP contribution in [0.4, 0.5) is 0 Å². The van der Waals surface area contributed by atoms with Gasteiger partial charge in [-0.2, -0.15) is 0 Å². The van der Waals surface area contributed by atoms with Crippen molar-refractivity contribution in [1.29, 1.82) is 0 Å². The van der Waals surface area contributed by atoms with Crippen molar-refractivity contribution in [2.45, 2.75) is 142 Å². The molecule has 1 aliphatic rings. The van der Waals surface area contributed by atoms with Crippen LogP contribution in [0, 0.1) is 0 Å². The van der Waals surface area contributed by atoms with Gasteiger partial charge in [-0.15, -0.1) is 0 Å². The van der Waals surface area contributed by atoms with Crippen molar-refractivity contribution < 1.29 is 9.84 Å². The quantitative estimate of drug-likeness (QED) is 0.214. The number of hydrogen-bond acceptors (Lipinski definition) is 3. The molecule has 0 fully saturated rings. The molecule has 0 bridgehead atoms. The fourth-order valence-electron chi connectivity index (χ4n) is 4.52. The van der Waals surface area contributed by atoms with Crippen LogP contribution < -0.4 is 0 Å². The minimum Gasteiger partial charge on any atom is -0.472 e. The Morgan fingerprint density at radius 1 is 0.848 bits per heavy atom. The molecule has 0 amide bonds. The van der Waals surface area contributed by atoms with E-state index >= 15 is 0 Å². The number of hydrogen-bond donors (Lipinski definition) is 1. The maximum Gasteiger partial charge on any atom is 0.218 e. The van der Waals surface area contributed by atoms with Crippen molar-refractivity contribution >= 4 is 17.5 Å². The molecule has 3 unspecified atom stereocenters. The van der Waals surface area contributed by atoms with Gasteiger partial charge >= 0.3 is 0 Å². The second-order valence-corrected chi connectivity index (χ2v) is 10.4. The summed E-state index contributed by atoms with van der Waals surface area (Å²) in [5.41, 5.74) is 1.70. The van der Waals surface area contributed by atoms with Gasteiger partial charge in [0.1, 0.15) is 6.10 Å². The second-order valence-electron chi connectivity index (χ2n) is 9.99. The van der Waals surface area contributed by atoms with E-state index in [1.807, 2.05) is 32.0 Å². The number of unbranched alkanes of at least 4 members (excludes halogenated alkanes) is 14. The largest absolute Gasteiger partial charge is 0.472 e. The van der Waals surface area contributed by atoms with Gasteiger partial charge < -0.3 is 9.84 Å². The molecule has 1 aliphatic heterocycles. The van der Waals surface area contributed by atoms with Crippen LogP contribution in [0.1, 0.15) is 141 Å². The number of benzene rings is 1. The predicted octanol–water partition coefficient (Wildman–Crippen LogP) is 9.19. The van der Waals surface area contributed by atoms with E-state index in [1.165, 1.54) is 89.9 Å². The summed E-state index contributed by atoms with van der Waals surface area (Å²) in [6.45, 7) is 6.34. The second kappa shape index (κ2) is 16.5. The predicted molar refractivity (Wildman–Crippen MR) is 143 cm³/mol. The number of nitrogens with zero attached hydrogens (tertiary/aromatic N) is 1. The van der Waals surface area contributed by atoms with Crippen molar-refractivity contribution in [3.63, 3.8) is 0 Å². The fourth-order valence-corrected chi connectivity index (χ4v) is 4.79. The molecule has 0 spiro atoms. The van der Waals surface area contributed by atoms with Gasteiger partial charge in [0, 0.05) is 0 Å². The molecule has 4 heteroatoms. The lowest BCUT2D eigenvalue weighted by molar-refractivity contribution is 0.163. The number of ether oxygens (including phenoxy) is 1. The van der Waals surface area contributed by atoms with Crippen LogP contribution in [-0.2, 0) is 4.74 Å². The van der Waals surface area contributed by atoms with E-state index < -0.39 is 6.10 Å². The summed E-state index contributed by atoms with van der Waals surface area (Å²) >= 11 is 6.47. The highest BCUT2D eigenvalue weighted by Gasteiger charge is 2.25. The lowest BCUT2D eigenvalue weighted by Gasteiger charge is -2.13. The van der Waals surface area contributed by atoms with Gasteiger partial charge in [0.05, 0.1) is 22.7 Å². The van der Waals surface area contributed by atoms with Crippen LogP contribution in [0.15, 0.2) is 23.2 Å². The molecule has 2 rings (SSSR count). The normalized spacial score (nSPS) is 18.9. The lowest BCUT2D eigenvalue weighted by Crippen LogP contribution is -2.15. The molecule has 0 radical (unpaired) electrons. The zero-order chi connectivity index (χ0) is 23.9. The van der Waals surface area contributed by atoms with Gasteiger partial charge in [-0.1, -0.05) is 121 Å². The van der Waals surface area contributed by atoms with E-state index in [0.717, 1.165) is 24.0 Å². The average molecular weight is 478 g/mol. The fraction of sp³-hybridized carbons (Fsp3) is 0.759. The smallest absolute Gasteiger partial charge is 0.218 e. The highest BCUT2D eigenvalue weighted by molar-refractivity contribution is 6.34. The molecule has 0 aliphatic carbocycles. The number of aliphatic imine (C=N–C) groups is 1. The molecular formula is C29H48ClNO2. The Kier molecular flexibility index (Phi) is 14.1. The minimum atomic E-state index is -0.456. The van der Waals surface area contributed by atoms with E-state index in [1.54, 1.807) is 0 Å². The minimum absolute atomic E-state index is 0.0754. The molecule has 0 saturated heterocycles. The maximum atomic E-state index is 10.6. The maximum absolute atomic E-state index is 10.6. The summed E-state index contributed by atoms with van der Waals surface area (Å²) in [6, 6.07) is 5.89. The van der Waals surface area contributed by atoms with Crippen LogP contribution in [-0.4, -0.2) is 23.2 Å². The van der Waals surface area contributed by atoms with E-state index in [9.17, 15) is 5.11 Å². The lowest BCUT2D eigenvalue weighted by atomic mass is 10.00. The van der Waals surface area contributed by atoms with E-state index in [0.29, 0.717) is 10.9 Å². The summed E-state index contributed by atoms with van der Waals surface area (Å²) in [7, 11) is 0. The molecule has 1 aromatic carbocycles. The first-order valence-corrected chi connectivity index (χ1v) is 14.1. The highest BCUT2D eigenvalue weighted by atomic mass is 35.5. The van der Waals surface area contributed by atoms with Crippen molar-refractivity contribution in [2.24, 2.45) is 4.99 Å². The Labute approximate surface area is 208 Å². The van der Waals surface area contributed by atoms with E-state index in [4.69, 9.17) is 16.3 Å². The summed E-state index contributed by atoms with van der Waals surface area (Å²) in [5.74, 6) is 0.614. The molecule has 3 atom stereocenters. The molecule has 3 nitrogen and oxygen atoms in total. The highest BCUT2D eigenvalue weighted by Crippen LogP contribution is 2.28. The number of rotatable bonds is 18. The van der Waals surface area contributed by atoms with Gasteiger partial charge in [0.15, 0.2) is 0 Å². The first-order valence-electron chi connectivity index (χ1n) is 13.7. The first kappa shape index (κ1) is 28.2. The van der Waals surface area contributed by atoms with E-state index in [2.05, 4.69) is 11.9 Å². The zero-order valence-corrected chi connectivity index (χ0v) is 22.2. The van der Waals surface area contributed by atoms with Crippen molar-refractivity contribution in [1.82, 2.24) is 0 Å². The molecule has 1 aromatic rings. The third-order valence-corrected chi connectivity index (χ3v) is 7.30.